The van der Waals surface area contributed by atoms with Gasteiger partial charge in [-0.3, -0.25) is 14.4 Å². The lowest BCUT2D eigenvalue weighted by molar-refractivity contribution is -0.133. The highest BCUT2D eigenvalue weighted by molar-refractivity contribution is 6.06. The standard InChI is InChI=1S/C29H32N2O4/c1-2-35-26-10-6-3-7-21(26)11-12-27(33)30-16-13-29(14-17-30)15-18-31(20-29)28(34)24-19-25(32)23-9-5-4-8-22(23)24/h3-12,24H,2,13-20H2,1H3/b12-11+. The lowest BCUT2D eigenvalue weighted by Gasteiger charge is -2.39. The number of carbonyl (C=O) groups excluding carboxylic acids is 3. The van der Waals surface area contributed by atoms with Crippen molar-refractivity contribution in [3.8, 4) is 5.75 Å². The predicted molar refractivity (Wildman–Crippen MR) is 134 cm³/mol. The minimum absolute atomic E-state index is 0.0122. The second-order valence-electron chi connectivity index (χ2n) is 9.91. The first-order valence-corrected chi connectivity index (χ1v) is 12.6. The van der Waals surface area contributed by atoms with Crippen molar-refractivity contribution in [3.63, 3.8) is 0 Å². The topological polar surface area (TPSA) is 66.9 Å². The number of nitrogens with zero attached hydrogens (tertiary/aromatic N) is 2. The first kappa shape index (κ1) is 23.3. The smallest absolute Gasteiger partial charge is 0.246 e. The number of likely N-dealkylation sites (tertiary alicyclic amines) is 2. The fraction of sp³-hybridized carbons (Fsp3) is 0.414. The largest absolute Gasteiger partial charge is 0.493 e. The lowest BCUT2D eigenvalue weighted by Crippen LogP contribution is -2.44. The molecule has 2 amide bonds. The number of piperidine rings is 1. The number of hydrogen-bond acceptors (Lipinski definition) is 4. The molecule has 1 aliphatic carbocycles. The van der Waals surface area contributed by atoms with Crippen molar-refractivity contribution < 1.29 is 19.1 Å². The maximum Gasteiger partial charge on any atom is 0.246 e. The Bertz CT molecular complexity index is 1160. The van der Waals surface area contributed by atoms with Crippen LogP contribution >= 0.6 is 0 Å². The van der Waals surface area contributed by atoms with E-state index in [9.17, 15) is 14.4 Å². The van der Waals surface area contributed by atoms with Gasteiger partial charge in [0.15, 0.2) is 5.78 Å². The predicted octanol–water partition coefficient (Wildman–Crippen LogP) is 4.31. The van der Waals surface area contributed by atoms with E-state index in [1.807, 2.05) is 71.3 Å². The molecule has 2 aromatic carbocycles. The van der Waals surface area contributed by atoms with Gasteiger partial charge in [-0.25, -0.2) is 0 Å². The van der Waals surface area contributed by atoms with Gasteiger partial charge in [-0.05, 0) is 49.3 Å². The molecule has 6 heteroatoms. The second-order valence-corrected chi connectivity index (χ2v) is 9.91. The van der Waals surface area contributed by atoms with Gasteiger partial charge in [-0.15, -0.1) is 0 Å². The average Bonchev–Trinajstić information content (AvgIpc) is 3.45. The molecule has 1 unspecified atom stereocenters. The van der Waals surface area contributed by atoms with Crippen LogP contribution in [0.3, 0.4) is 0 Å². The Morgan fingerprint density at radius 3 is 2.46 bits per heavy atom. The van der Waals surface area contributed by atoms with Crippen molar-refractivity contribution >= 4 is 23.7 Å². The molecule has 0 N–H and O–H groups in total. The van der Waals surface area contributed by atoms with E-state index < -0.39 is 0 Å². The van der Waals surface area contributed by atoms with Crippen LogP contribution in [0.2, 0.25) is 0 Å². The van der Waals surface area contributed by atoms with E-state index in [1.54, 1.807) is 6.08 Å². The van der Waals surface area contributed by atoms with E-state index in [0.29, 0.717) is 25.3 Å². The number of rotatable bonds is 5. The average molecular weight is 473 g/mol. The highest BCUT2D eigenvalue weighted by atomic mass is 16.5. The summed E-state index contributed by atoms with van der Waals surface area (Å²) in [6.07, 6.45) is 6.49. The maximum atomic E-state index is 13.3. The van der Waals surface area contributed by atoms with Crippen molar-refractivity contribution in [2.75, 3.05) is 32.8 Å². The van der Waals surface area contributed by atoms with E-state index in [2.05, 4.69) is 0 Å². The summed E-state index contributed by atoms with van der Waals surface area (Å²) in [6.45, 7) is 5.37. The number of carbonyl (C=O) groups is 3. The molecule has 182 valence electrons. The normalized spacial score (nSPS) is 21.1. The molecule has 2 saturated heterocycles. The zero-order valence-electron chi connectivity index (χ0n) is 20.2. The third kappa shape index (κ3) is 4.62. The molecule has 3 aliphatic rings. The van der Waals surface area contributed by atoms with Crippen LogP contribution in [-0.4, -0.2) is 60.2 Å². The van der Waals surface area contributed by atoms with Gasteiger partial charge in [-0.1, -0.05) is 42.5 Å². The van der Waals surface area contributed by atoms with E-state index >= 15 is 0 Å². The number of fused-ring (bicyclic) bond motifs is 1. The number of hydrogen-bond donors (Lipinski definition) is 0. The summed E-state index contributed by atoms with van der Waals surface area (Å²) in [5, 5.41) is 0. The molecule has 5 rings (SSSR count). The van der Waals surface area contributed by atoms with Crippen LogP contribution in [0, 0.1) is 5.41 Å². The van der Waals surface area contributed by atoms with Crippen LogP contribution in [-0.2, 0) is 9.59 Å². The molecule has 0 radical (unpaired) electrons. The summed E-state index contributed by atoms with van der Waals surface area (Å²) in [5.41, 5.74) is 2.54. The highest BCUT2D eigenvalue weighted by Crippen LogP contribution is 2.43. The van der Waals surface area contributed by atoms with Gasteiger partial charge in [0.05, 0.1) is 12.5 Å². The maximum absolute atomic E-state index is 13.3. The first-order valence-electron chi connectivity index (χ1n) is 12.6. The molecule has 2 fully saturated rings. The zero-order chi connectivity index (χ0) is 24.4. The number of benzene rings is 2. The van der Waals surface area contributed by atoms with Crippen molar-refractivity contribution in [2.24, 2.45) is 5.41 Å². The van der Waals surface area contributed by atoms with Gasteiger partial charge in [-0.2, -0.15) is 0 Å². The number of ether oxygens (including phenoxy) is 1. The Balaban J connectivity index is 1.18. The Labute approximate surface area is 206 Å². The fourth-order valence-electron chi connectivity index (χ4n) is 5.81. The van der Waals surface area contributed by atoms with Crippen molar-refractivity contribution in [1.82, 2.24) is 9.80 Å². The molecule has 2 heterocycles. The molecular formula is C29H32N2O4. The summed E-state index contributed by atoms with van der Waals surface area (Å²) in [4.78, 5) is 42.4. The van der Waals surface area contributed by atoms with Gasteiger partial charge in [0, 0.05) is 49.8 Å². The summed E-state index contributed by atoms with van der Waals surface area (Å²) in [5.74, 6) is 0.587. The SMILES string of the molecule is CCOc1ccccc1/C=C/C(=O)N1CCC2(CC1)CCN(C(=O)C1CC(=O)c3ccccc31)C2. The molecule has 0 bridgehead atoms. The minimum atomic E-state index is -0.347. The summed E-state index contributed by atoms with van der Waals surface area (Å²) in [7, 11) is 0. The van der Waals surface area contributed by atoms with Crippen LogP contribution < -0.4 is 4.74 Å². The van der Waals surface area contributed by atoms with E-state index in [0.717, 1.165) is 49.2 Å². The molecule has 6 nitrogen and oxygen atoms in total. The van der Waals surface area contributed by atoms with Crippen LogP contribution in [0.15, 0.2) is 54.6 Å². The van der Waals surface area contributed by atoms with Gasteiger partial charge in [0.2, 0.25) is 11.8 Å². The number of Topliss-reactive ketones (excluding diaryl/α,β-unsaturated/α-hetero) is 1. The van der Waals surface area contributed by atoms with Gasteiger partial charge < -0.3 is 14.5 Å². The Kier molecular flexibility index (Phi) is 6.46. The van der Waals surface area contributed by atoms with Gasteiger partial charge in [0.1, 0.15) is 5.75 Å². The van der Waals surface area contributed by atoms with Crippen LogP contribution in [0.4, 0.5) is 0 Å². The molecule has 2 aliphatic heterocycles. The molecule has 35 heavy (non-hydrogen) atoms. The zero-order valence-corrected chi connectivity index (χ0v) is 20.2. The second kappa shape index (κ2) is 9.68. The van der Waals surface area contributed by atoms with Gasteiger partial charge >= 0.3 is 0 Å². The molecule has 2 aromatic rings. The molecule has 0 saturated carbocycles. The fourth-order valence-corrected chi connectivity index (χ4v) is 5.81. The monoisotopic (exact) mass is 472 g/mol. The molecular weight excluding hydrogens is 440 g/mol. The number of ketones is 1. The summed E-state index contributed by atoms with van der Waals surface area (Å²) in [6, 6.07) is 15.2. The Morgan fingerprint density at radius 1 is 1.00 bits per heavy atom. The number of amides is 2. The van der Waals surface area contributed by atoms with Crippen molar-refractivity contribution in [3.05, 3.63) is 71.3 Å². The summed E-state index contributed by atoms with van der Waals surface area (Å²) >= 11 is 0. The van der Waals surface area contributed by atoms with E-state index in [4.69, 9.17) is 4.74 Å². The highest BCUT2D eigenvalue weighted by Gasteiger charge is 2.45. The third-order valence-corrected chi connectivity index (χ3v) is 7.83. The minimum Gasteiger partial charge on any atom is -0.493 e. The Hall–Kier alpha value is -3.41. The quantitative estimate of drug-likeness (QED) is 0.609. The van der Waals surface area contributed by atoms with Crippen LogP contribution in [0.1, 0.15) is 60.0 Å². The van der Waals surface area contributed by atoms with E-state index in [-0.39, 0.29) is 35.4 Å². The van der Waals surface area contributed by atoms with Crippen LogP contribution in [0.25, 0.3) is 6.08 Å². The van der Waals surface area contributed by atoms with Crippen LogP contribution in [0.5, 0.6) is 5.75 Å². The van der Waals surface area contributed by atoms with Crippen molar-refractivity contribution in [2.45, 2.75) is 38.5 Å². The lowest BCUT2D eigenvalue weighted by atomic mass is 9.77. The molecule has 1 atom stereocenters. The third-order valence-electron chi connectivity index (χ3n) is 7.83. The molecule has 0 aromatic heterocycles. The van der Waals surface area contributed by atoms with E-state index in [1.165, 1.54) is 0 Å². The Morgan fingerprint density at radius 2 is 1.69 bits per heavy atom. The first-order chi connectivity index (χ1) is 17.0. The molecule has 1 spiro atoms. The van der Waals surface area contributed by atoms with Gasteiger partial charge in [0.25, 0.3) is 0 Å². The summed E-state index contributed by atoms with van der Waals surface area (Å²) < 4.78 is 5.64. The van der Waals surface area contributed by atoms with Crippen molar-refractivity contribution in [1.29, 1.82) is 0 Å². The number of para-hydroxylation sites is 1.